The Morgan fingerprint density at radius 2 is 1.76 bits per heavy atom. The molecule has 21 heavy (non-hydrogen) atoms. The Morgan fingerprint density at radius 3 is 2.33 bits per heavy atom. The fourth-order valence-corrected chi connectivity index (χ4v) is 2.05. The number of ketones is 1. The molecule has 0 aromatic heterocycles. The van der Waals surface area contributed by atoms with Gasteiger partial charge in [0.15, 0.2) is 11.6 Å². The second-order valence-electron chi connectivity index (χ2n) is 5.80. The molecule has 0 radical (unpaired) electrons. The third-order valence-electron chi connectivity index (χ3n) is 2.83. The van der Waals surface area contributed by atoms with Gasteiger partial charge in [-0.3, -0.25) is 19.3 Å². The first-order valence-electron chi connectivity index (χ1n) is 6.26. The van der Waals surface area contributed by atoms with Crippen molar-refractivity contribution in [1.29, 1.82) is 0 Å². The molecular formula is C14H14F2N2O3. The van der Waals surface area contributed by atoms with Crippen molar-refractivity contribution in [2.75, 3.05) is 11.4 Å². The lowest BCUT2D eigenvalue weighted by Gasteiger charge is -2.23. The molecule has 0 aliphatic carbocycles. The van der Waals surface area contributed by atoms with Gasteiger partial charge in [0, 0.05) is 11.6 Å². The van der Waals surface area contributed by atoms with E-state index in [1.807, 2.05) is 0 Å². The van der Waals surface area contributed by atoms with E-state index in [2.05, 4.69) is 5.32 Å². The third-order valence-corrected chi connectivity index (χ3v) is 2.83. The first-order valence-corrected chi connectivity index (χ1v) is 6.26. The smallest absolute Gasteiger partial charge is 0.299 e. The van der Waals surface area contributed by atoms with Crippen LogP contribution in [-0.2, 0) is 9.59 Å². The predicted octanol–water partition coefficient (Wildman–Crippen LogP) is 1.41. The summed E-state index contributed by atoms with van der Waals surface area (Å²) in [5.74, 6) is -4.82. The van der Waals surface area contributed by atoms with Gasteiger partial charge in [0.1, 0.15) is 6.54 Å². The van der Waals surface area contributed by atoms with Gasteiger partial charge in [0.2, 0.25) is 5.91 Å². The summed E-state index contributed by atoms with van der Waals surface area (Å²) in [5.41, 5.74) is -0.837. The average molecular weight is 296 g/mol. The molecule has 2 amide bonds. The Balaban J connectivity index is 2.31. The number of hydrogen-bond donors (Lipinski definition) is 1. The fraction of sp³-hybridized carbons (Fsp3) is 0.357. The van der Waals surface area contributed by atoms with Crippen molar-refractivity contribution >= 4 is 23.3 Å². The number of fused-ring (bicyclic) bond motifs is 1. The molecule has 1 aliphatic rings. The van der Waals surface area contributed by atoms with E-state index in [4.69, 9.17) is 0 Å². The largest absolute Gasteiger partial charge is 0.350 e. The van der Waals surface area contributed by atoms with E-state index in [9.17, 15) is 23.2 Å². The number of amides is 2. The molecular weight excluding hydrogens is 282 g/mol. The van der Waals surface area contributed by atoms with E-state index in [1.165, 1.54) is 0 Å². The number of rotatable bonds is 2. The minimum absolute atomic E-state index is 0.0899. The number of nitrogens with one attached hydrogen (secondary N) is 1. The number of Topliss-reactive ketones (excluding diaryl/α,β-unsaturated/α-hetero) is 1. The van der Waals surface area contributed by atoms with Crippen LogP contribution in [0.5, 0.6) is 0 Å². The molecule has 1 aromatic carbocycles. The number of hydrogen-bond acceptors (Lipinski definition) is 3. The van der Waals surface area contributed by atoms with Gasteiger partial charge >= 0.3 is 0 Å². The number of carbonyl (C=O) groups excluding carboxylic acids is 3. The third kappa shape index (κ3) is 2.91. The molecule has 0 saturated heterocycles. The number of nitrogens with zero attached hydrogens (tertiary/aromatic N) is 1. The molecule has 0 saturated carbocycles. The van der Waals surface area contributed by atoms with Crippen molar-refractivity contribution in [2.45, 2.75) is 26.3 Å². The van der Waals surface area contributed by atoms with Crippen LogP contribution in [0.3, 0.4) is 0 Å². The van der Waals surface area contributed by atoms with Crippen LogP contribution >= 0.6 is 0 Å². The molecule has 1 heterocycles. The molecule has 2 rings (SSSR count). The average Bonchev–Trinajstić information content (AvgIpc) is 2.54. The maximum Gasteiger partial charge on any atom is 0.299 e. The number of carbonyl (C=O) groups is 3. The standard InChI is InChI=1S/C14H14F2N2O3/c1-14(2,3)17-11(19)6-18-10-5-9(16)8(15)4-7(10)12(20)13(18)21/h4-5H,6H2,1-3H3,(H,17,19). The molecule has 5 nitrogen and oxygen atoms in total. The van der Waals surface area contributed by atoms with Crippen LogP contribution in [0.1, 0.15) is 31.1 Å². The van der Waals surface area contributed by atoms with Crippen LogP contribution in [0, 0.1) is 11.6 Å². The van der Waals surface area contributed by atoms with Crippen molar-refractivity contribution in [3.8, 4) is 0 Å². The van der Waals surface area contributed by atoms with E-state index in [-0.39, 0.29) is 11.3 Å². The lowest BCUT2D eigenvalue weighted by molar-refractivity contribution is -0.123. The number of benzene rings is 1. The highest BCUT2D eigenvalue weighted by molar-refractivity contribution is 6.52. The summed E-state index contributed by atoms with van der Waals surface area (Å²) < 4.78 is 26.4. The zero-order chi connectivity index (χ0) is 15.9. The van der Waals surface area contributed by atoms with Crippen molar-refractivity contribution in [3.63, 3.8) is 0 Å². The summed E-state index contributed by atoms with van der Waals surface area (Å²) in [5, 5.41) is 2.63. The minimum Gasteiger partial charge on any atom is -0.350 e. The molecule has 0 fully saturated rings. The summed E-state index contributed by atoms with van der Waals surface area (Å²) in [6.07, 6.45) is 0. The number of anilines is 1. The maximum atomic E-state index is 13.3. The molecule has 1 aliphatic heterocycles. The van der Waals surface area contributed by atoms with Crippen LogP contribution < -0.4 is 10.2 Å². The lowest BCUT2D eigenvalue weighted by Crippen LogP contribution is -2.47. The van der Waals surface area contributed by atoms with Crippen LogP contribution in [0.15, 0.2) is 12.1 Å². The lowest BCUT2D eigenvalue weighted by atomic mass is 10.1. The maximum absolute atomic E-state index is 13.3. The molecule has 112 valence electrons. The van der Waals surface area contributed by atoms with Crippen LogP contribution in [0.4, 0.5) is 14.5 Å². The molecule has 0 unspecified atom stereocenters. The van der Waals surface area contributed by atoms with Crippen LogP contribution in [-0.4, -0.2) is 29.7 Å². The Labute approximate surface area is 119 Å². The van der Waals surface area contributed by atoms with Gasteiger partial charge in [-0.1, -0.05) is 0 Å². The van der Waals surface area contributed by atoms with E-state index in [0.29, 0.717) is 6.07 Å². The molecule has 1 N–H and O–H groups in total. The van der Waals surface area contributed by atoms with Gasteiger partial charge in [0.05, 0.1) is 11.3 Å². The van der Waals surface area contributed by atoms with Gasteiger partial charge in [-0.05, 0) is 26.8 Å². The van der Waals surface area contributed by atoms with E-state index >= 15 is 0 Å². The number of halogens is 2. The highest BCUT2D eigenvalue weighted by Gasteiger charge is 2.38. The quantitative estimate of drug-likeness (QED) is 0.839. The van der Waals surface area contributed by atoms with Crippen molar-refractivity contribution in [3.05, 3.63) is 29.3 Å². The van der Waals surface area contributed by atoms with Gasteiger partial charge < -0.3 is 5.32 Å². The molecule has 7 heteroatoms. The second-order valence-corrected chi connectivity index (χ2v) is 5.80. The molecule has 0 atom stereocenters. The SMILES string of the molecule is CC(C)(C)NC(=O)CN1C(=O)C(=O)c2cc(F)c(F)cc21. The van der Waals surface area contributed by atoms with Gasteiger partial charge in [0.25, 0.3) is 11.7 Å². The van der Waals surface area contributed by atoms with Crippen LogP contribution in [0.25, 0.3) is 0 Å². The Hall–Kier alpha value is -2.31. The summed E-state index contributed by atoms with van der Waals surface area (Å²) in [4.78, 5) is 36.3. The summed E-state index contributed by atoms with van der Waals surface area (Å²) >= 11 is 0. The van der Waals surface area contributed by atoms with Gasteiger partial charge in [-0.15, -0.1) is 0 Å². The van der Waals surface area contributed by atoms with Crippen molar-refractivity contribution in [1.82, 2.24) is 5.32 Å². The van der Waals surface area contributed by atoms with Gasteiger partial charge in [-0.25, -0.2) is 8.78 Å². The first kappa shape index (κ1) is 15.1. The van der Waals surface area contributed by atoms with E-state index < -0.39 is 41.3 Å². The van der Waals surface area contributed by atoms with Gasteiger partial charge in [-0.2, -0.15) is 0 Å². The zero-order valence-electron chi connectivity index (χ0n) is 11.8. The second kappa shape index (κ2) is 4.91. The predicted molar refractivity (Wildman–Crippen MR) is 70.9 cm³/mol. The first-order chi connectivity index (χ1) is 9.60. The van der Waals surface area contributed by atoms with E-state index in [1.54, 1.807) is 20.8 Å². The normalized spacial score (nSPS) is 14.4. The van der Waals surface area contributed by atoms with Crippen molar-refractivity contribution < 1.29 is 23.2 Å². The summed E-state index contributed by atoms with van der Waals surface area (Å²) in [7, 11) is 0. The Kier molecular flexibility index (Phi) is 3.52. The summed E-state index contributed by atoms with van der Waals surface area (Å²) in [6, 6.07) is 1.42. The Bertz CT molecular complexity index is 650. The topological polar surface area (TPSA) is 66.5 Å². The molecule has 1 aromatic rings. The summed E-state index contributed by atoms with van der Waals surface area (Å²) in [6.45, 7) is 4.83. The van der Waals surface area contributed by atoms with Crippen LogP contribution in [0.2, 0.25) is 0 Å². The Morgan fingerprint density at radius 1 is 1.19 bits per heavy atom. The monoisotopic (exact) mass is 296 g/mol. The zero-order valence-corrected chi connectivity index (χ0v) is 11.8. The molecule has 0 bridgehead atoms. The fourth-order valence-electron chi connectivity index (χ4n) is 2.05. The highest BCUT2D eigenvalue weighted by atomic mass is 19.2. The van der Waals surface area contributed by atoms with Crippen molar-refractivity contribution in [2.24, 2.45) is 0 Å². The highest BCUT2D eigenvalue weighted by Crippen LogP contribution is 2.30. The van der Waals surface area contributed by atoms with E-state index in [0.717, 1.165) is 11.0 Å². The molecule has 0 spiro atoms. The minimum atomic E-state index is -1.21.